The molecule has 2 aromatic carbocycles. The van der Waals surface area contributed by atoms with Crippen LogP contribution in [0.25, 0.3) is 10.4 Å². The Morgan fingerprint density at radius 2 is 1.71 bits per heavy atom. The third-order valence-corrected chi connectivity index (χ3v) is 8.48. The van der Waals surface area contributed by atoms with E-state index >= 15 is 0 Å². The molecule has 0 spiro atoms. The van der Waals surface area contributed by atoms with Gasteiger partial charge in [-0.3, -0.25) is 9.59 Å². The van der Waals surface area contributed by atoms with Crippen LogP contribution in [-0.2, 0) is 16.8 Å². The molecule has 3 N–H and O–H groups in total. The van der Waals surface area contributed by atoms with Gasteiger partial charge in [0.2, 0.25) is 5.91 Å². The van der Waals surface area contributed by atoms with E-state index in [4.69, 9.17) is 0 Å². The second-order valence-electron chi connectivity index (χ2n) is 10.2. The van der Waals surface area contributed by atoms with E-state index in [9.17, 15) is 23.5 Å². The standard InChI is InChI=1S/C30H34F2N2O3S/c1-19(35)28-9-10-29(38-28)22-7-6-8-23(16-22)30(11-4-3-5-12-30)33-18-27(37)26(34-20(2)36)15-21-13-24(31)17-25(32)14-21/h6-10,13-14,16-17,26-27,33,37H,3-5,11-12,15,18H2,1-2H3,(H,34,36). The van der Waals surface area contributed by atoms with E-state index < -0.39 is 23.8 Å². The number of amides is 1. The first-order valence-corrected chi connectivity index (χ1v) is 13.8. The smallest absolute Gasteiger partial charge is 0.217 e. The highest BCUT2D eigenvalue weighted by Gasteiger charge is 2.35. The number of thiophene rings is 1. The average molecular weight is 541 g/mol. The molecule has 1 aliphatic rings. The summed E-state index contributed by atoms with van der Waals surface area (Å²) < 4.78 is 27.5. The fourth-order valence-corrected chi connectivity index (χ4v) is 6.24. The predicted molar refractivity (Wildman–Crippen MR) is 146 cm³/mol. The maximum Gasteiger partial charge on any atom is 0.217 e. The van der Waals surface area contributed by atoms with Gasteiger partial charge in [0.1, 0.15) is 11.6 Å². The minimum Gasteiger partial charge on any atom is -0.390 e. The molecule has 8 heteroatoms. The van der Waals surface area contributed by atoms with E-state index in [-0.39, 0.29) is 30.2 Å². The third kappa shape index (κ3) is 6.92. The van der Waals surface area contributed by atoms with Crippen LogP contribution in [0.3, 0.4) is 0 Å². The normalized spacial score (nSPS) is 16.6. The molecule has 5 nitrogen and oxygen atoms in total. The van der Waals surface area contributed by atoms with Crippen molar-refractivity contribution >= 4 is 23.0 Å². The summed E-state index contributed by atoms with van der Waals surface area (Å²) in [5.74, 6) is -1.67. The molecule has 0 radical (unpaired) electrons. The number of hydrogen-bond donors (Lipinski definition) is 3. The van der Waals surface area contributed by atoms with E-state index in [1.807, 2.05) is 24.3 Å². The Kier molecular flexibility index (Phi) is 9.07. The first-order valence-electron chi connectivity index (χ1n) is 13.0. The number of rotatable bonds is 10. The van der Waals surface area contributed by atoms with Crippen LogP contribution in [-0.4, -0.2) is 35.5 Å². The first kappa shape index (κ1) is 28.1. The van der Waals surface area contributed by atoms with Gasteiger partial charge in [-0.1, -0.05) is 37.5 Å². The largest absolute Gasteiger partial charge is 0.390 e. The molecule has 0 aliphatic heterocycles. The van der Waals surface area contributed by atoms with Crippen LogP contribution in [0.4, 0.5) is 8.78 Å². The molecule has 2 unspecified atom stereocenters. The van der Waals surface area contributed by atoms with E-state index in [1.54, 1.807) is 6.92 Å². The summed E-state index contributed by atoms with van der Waals surface area (Å²) in [5, 5.41) is 17.5. The molecule has 3 aromatic rings. The molecule has 1 saturated carbocycles. The van der Waals surface area contributed by atoms with Gasteiger partial charge in [0.15, 0.2) is 5.78 Å². The molecule has 0 saturated heterocycles. The average Bonchev–Trinajstić information content (AvgIpc) is 3.38. The van der Waals surface area contributed by atoms with Crippen LogP contribution in [0.2, 0.25) is 0 Å². The molecule has 38 heavy (non-hydrogen) atoms. The summed E-state index contributed by atoms with van der Waals surface area (Å²) in [5.41, 5.74) is 2.16. The number of benzene rings is 2. The topological polar surface area (TPSA) is 78.4 Å². The van der Waals surface area contributed by atoms with Gasteiger partial charge in [0.05, 0.1) is 17.0 Å². The lowest BCUT2D eigenvalue weighted by atomic mass is 9.76. The Hall–Kier alpha value is -2.94. The summed E-state index contributed by atoms with van der Waals surface area (Å²) in [6.45, 7) is 3.12. The van der Waals surface area contributed by atoms with E-state index in [2.05, 4.69) is 22.8 Å². The van der Waals surface area contributed by atoms with Crippen molar-refractivity contribution in [3.8, 4) is 10.4 Å². The summed E-state index contributed by atoms with van der Waals surface area (Å²) in [4.78, 5) is 25.4. The van der Waals surface area contributed by atoms with E-state index in [0.29, 0.717) is 5.56 Å². The van der Waals surface area contributed by atoms with Gasteiger partial charge in [0.25, 0.3) is 0 Å². The zero-order valence-electron chi connectivity index (χ0n) is 21.7. The summed E-state index contributed by atoms with van der Waals surface area (Å²) in [7, 11) is 0. The number of ketones is 1. The van der Waals surface area contributed by atoms with Gasteiger partial charge in [-0.05, 0) is 73.2 Å². The molecule has 202 valence electrons. The number of aliphatic hydroxyl groups excluding tert-OH is 1. The third-order valence-electron chi connectivity index (χ3n) is 7.24. The fraction of sp³-hybridized carbons (Fsp3) is 0.400. The zero-order chi connectivity index (χ0) is 27.3. The van der Waals surface area contributed by atoms with Crippen LogP contribution in [0.1, 0.15) is 66.8 Å². The predicted octanol–water partition coefficient (Wildman–Crippen LogP) is 5.75. The zero-order valence-corrected chi connectivity index (χ0v) is 22.5. The minimum absolute atomic E-state index is 0.0477. The van der Waals surface area contributed by atoms with Gasteiger partial charge in [-0.2, -0.15) is 0 Å². The van der Waals surface area contributed by atoms with Crippen molar-refractivity contribution in [1.29, 1.82) is 0 Å². The Bertz CT molecular complexity index is 1270. The quantitative estimate of drug-likeness (QED) is 0.286. The molecule has 0 bridgehead atoms. The Morgan fingerprint density at radius 3 is 2.34 bits per heavy atom. The summed E-state index contributed by atoms with van der Waals surface area (Å²) >= 11 is 1.48. The number of carbonyl (C=O) groups is 2. The second-order valence-corrected chi connectivity index (χ2v) is 11.3. The molecule has 2 atom stereocenters. The highest BCUT2D eigenvalue weighted by molar-refractivity contribution is 7.17. The molecule has 1 heterocycles. The van der Waals surface area contributed by atoms with Crippen molar-refractivity contribution < 1.29 is 23.5 Å². The molecule has 1 fully saturated rings. The van der Waals surface area contributed by atoms with Crippen LogP contribution in [0.15, 0.2) is 54.6 Å². The van der Waals surface area contributed by atoms with Crippen molar-refractivity contribution in [2.45, 2.75) is 70.1 Å². The molecule has 1 aromatic heterocycles. The number of aliphatic hydroxyl groups is 1. The van der Waals surface area contributed by atoms with Crippen molar-refractivity contribution in [3.63, 3.8) is 0 Å². The molecular weight excluding hydrogens is 506 g/mol. The van der Waals surface area contributed by atoms with Gasteiger partial charge in [-0.25, -0.2) is 8.78 Å². The summed E-state index contributed by atoms with van der Waals surface area (Å²) in [6.07, 6.45) is 4.12. The molecule has 1 amide bonds. The molecule has 4 rings (SSSR count). The lowest BCUT2D eigenvalue weighted by molar-refractivity contribution is -0.120. The number of nitrogens with one attached hydrogen (secondary N) is 2. The van der Waals surface area contributed by atoms with Gasteiger partial charge in [-0.15, -0.1) is 11.3 Å². The van der Waals surface area contributed by atoms with Crippen LogP contribution < -0.4 is 10.6 Å². The maximum atomic E-state index is 13.7. The van der Waals surface area contributed by atoms with Crippen molar-refractivity contribution in [2.75, 3.05) is 6.54 Å². The SMILES string of the molecule is CC(=O)NC(Cc1cc(F)cc(F)c1)C(O)CNC1(c2cccc(-c3ccc(C(C)=O)s3)c2)CCCCC1. The van der Waals surface area contributed by atoms with Crippen molar-refractivity contribution in [2.24, 2.45) is 0 Å². The fourth-order valence-electron chi connectivity index (χ4n) is 5.34. The van der Waals surface area contributed by atoms with Gasteiger partial charge < -0.3 is 15.7 Å². The highest BCUT2D eigenvalue weighted by Crippen LogP contribution is 2.39. The molecular formula is C30H34F2N2O3S. The van der Waals surface area contributed by atoms with Crippen LogP contribution in [0.5, 0.6) is 0 Å². The minimum atomic E-state index is -0.984. The van der Waals surface area contributed by atoms with Crippen molar-refractivity contribution in [3.05, 3.63) is 82.2 Å². The van der Waals surface area contributed by atoms with Crippen LogP contribution in [0, 0.1) is 11.6 Å². The van der Waals surface area contributed by atoms with Crippen LogP contribution >= 0.6 is 11.3 Å². The monoisotopic (exact) mass is 540 g/mol. The maximum absolute atomic E-state index is 13.7. The molecule has 1 aliphatic carbocycles. The van der Waals surface area contributed by atoms with E-state index in [1.165, 1.54) is 30.4 Å². The number of hydrogen-bond acceptors (Lipinski definition) is 5. The second kappa shape index (κ2) is 12.3. The lowest BCUT2D eigenvalue weighted by Gasteiger charge is -2.40. The number of Topliss-reactive ketones (excluding diaryl/α,β-unsaturated/α-hetero) is 1. The first-order chi connectivity index (χ1) is 18.1. The van der Waals surface area contributed by atoms with Crippen molar-refractivity contribution in [1.82, 2.24) is 10.6 Å². The highest BCUT2D eigenvalue weighted by atomic mass is 32.1. The Morgan fingerprint density at radius 1 is 1.00 bits per heavy atom. The number of halogens is 2. The van der Waals surface area contributed by atoms with Gasteiger partial charge >= 0.3 is 0 Å². The number of carbonyl (C=O) groups excluding carboxylic acids is 2. The lowest BCUT2D eigenvalue weighted by Crippen LogP contribution is -2.53. The summed E-state index contributed by atoms with van der Waals surface area (Å²) in [6, 6.07) is 14.6. The van der Waals surface area contributed by atoms with Gasteiger partial charge in [0, 0.05) is 30.0 Å². The Balaban J connectivity index is 1.55. The Labute approximate surface area is 226 Å². The van der Waals surface area contributed by atoms with E-state index in [0.717, 1.165) is 59.1 Å².